The molecule has 11 nitrogen and oxygen atoms in total. The molecule has 7 unspecified atom stereocenters. The van der Waals surface area contributed by atoms with Crippen LogP contribution < -0.4 is 5.32 Å². The third kappa shape index (κ3) is 43.7. The average Bonchev–Trinajstić information content (AvgIpc) is 3.42. The van der Waals surface area contributed by atoms with Crippen molar-refractivity contribution in [1.82, 2.24) is 5.32 Å². The van der Waals surface area contributed by atoms with Crippen LogP contribution in [0.5, 0.6) is 0 Å². The van der Waals surface area contributed by atoms with Crippen LogP contribution in [0.2, 0.25) is 0 Å². The minimum absolute atomic E-state index is 0.00712. The van der Waals surface area contributed by atoms with Gasteiger partial charge in [-0.05, 0) is 64.2 Å². The maximum atomic E-state index is 13.0. The molecular formula is C65H121NO10. The lowest BCUT2D eigenvalue weighted by Gasteiger charge is -2.40. The number of carbonyl (C=O) groups excluding carboxylic acids is 2. The quantitative estimate of drug-likeness (QED) is 0.0195. The zero-order chi connectivity index (χ0) is 55.2. The number of hydrogen-bond donors (Lipinski definition) is 6. The molecule has 0 aliphatic carbocycles. The Morgan fingerprint density at radius 3 is 1.36 bits per heavy atom. The number of nitrogens with one attached hydrogen (secondary N) is 1. The molecule has 0 aromatic heterocycles. The summed E-state index contributed by atoms with van der Waals surface area (Å²) < 4.78 is 16.7. The summed E-state index contributed by atoms with van der Waals surface area (Å²) in [4.78, 5) is 25.1. The number of aliphatic hydroxyl groups excluding tert-OH is 5. The van der Waals surface area contributed by atoms with Crippen LogP contribution in [-0.4, -0.2) is 100 Å². The van der Waals surface area contributed by atoms with Gasteiger partial charge in [-0.3, -0.25) is 9.59 Å². The van der Waals surface area contributed by atoms with Crippen molar-refractivity contribution in [3.8, 4) is 0 Å². The van der Waals surface area contributed by atoms with Crippen LogP contribution in [0.25, 0.3) is 0 Å². The van der Waals surface area contributed by atoms with Crippen molar-refractivity contribution in [2.45, 2.75) is 346 Å². The molecule has 0 spiro atoms. The fraction of sp³-hybridized carbons (Fsp3) is 0.877. The molecule has 11 heteroatoms. The largest absolute Gasteiger partial charge is 0.466 e. The zero-order valence-electron chi connectivity index (χ0n) is 49.2. The molecule has 446 valence electrons. The molecule has 1 rings (SSSR count). The Kier molecular flexibility index (Phi) is 51.9. The number of ether oxygens (including phenoxy) is 3. The summed E-state index contributed by atoms with van der Waals surface area (Å²) in [5, 5.41) is 54.2. The Balaban J connectivity index is 1.96. The van der Waals surface area contributed by atoms with Crippen LogP contribution in [0.15, 0.2) is 36.5 Å². The number of esters is 1. The van der Waals surface area contributed by atoms with Gasteiger partial charge < -0.3 is 45.1 Å². The summed E-state index contributed by atoms with van der Waals surface area (Å²) in [5.41, 5.74) is 0. The molecule has 1 saturated heterocycles. The van der Waals surface area contributed by atoms with Gasteiger partial charge in [0.1, 0.15) is 24.4 Å². The van der Waals surface area contributed by atoms with E-state index in [-0.39, 0.29) is 18.5 Å². The molecule has 1 aliphatic rings. The second kappa shape index (κ2) is 54.8. The molecule has 0 saturated carbocycles. The fourth-order valence-electron chi connectivity index (χ4n) is 10.1. The molecule has 1 fully saturated rings. The maximum absolute atomic E-state index is 13.0. The smallest absolute Gasteiger partial charge is 0.305 e. The van der Waals surface area contributed by atoms with Crippen LogP contribution in [-0.2, 0) is 23.8 Å². The van der Waals surface area contributed by atoms with Gasteiger partial charge in [-0.25, -0.2) is 0 Å². The van der Waals surface area contributed by atoms with Gasteiger partial charge in [0.05, 0.1) is 32.0 Å². The van der Waals surface area contributed by atoms with Crippen molar-refractivity contribution in [1.29, 1.82) is 0 Å². The van der Waals surface area contributed by atoms with Gasteiger partial charge in [0.25, 0.3) is 0 Å². The van der Waals surface area contributed by atoms with Gasteiger partial charge in [0.2, 0.25) is 5.91 Å². The summed E-state index contributed by atoms with van der Waals surface area (Å²) in [6.07, 6.45) is 58.3. The van der Waals surface area contributed by atoms with E-state index in [1.54, 1.807) is 6.08 Å². The Bertz CT molecular complexity index is 1360. The van der Waals surface area contributed by atoms with Gasteiger partial charge in [0, 0.05) is 12.8 Å². The maximum Gasteiger partial charge on any atom is 0.305 e. The summed E-state index contributed by atoms with van der Waals surface area (Å²) in [5.74, 6) is -0.192. The number of amides is 1. The standard InChI is InChI=1S/C65H121NO10/c1-3-5-7-9-11-13-14-15-16-17-20-24-27-30-33-37-41-45-49-53-61(70)74-54-50-46-42-38-34-31-28-25-22-19-18-21-23-26-29-32-36-40-44-48-52-60(69)66-57(58(68)51-47-43-39-35-12-10-8-6-4-2)56-75-65-64(73)63(72)62(71)59(55-67)76-65/h11,13,15-16,47,51,57-59,62-65,67-68,71-73H,3-10,12,14,17-46,48-50,52-56H2,1-2H3,(H,66,69)/b13-11-,16-15-,51-47+. The molecule has 1 aliphatic heterocycles. The van der Waals surface area contributed by atoms with Crippen molar-refractivity contribution in [3.05, 3.63) is 36.5 Å². The number of rotatable bonds is 56. The number of hydrogen-bond acceptors (Lipinski definition) is 10. The molecular weight excluding hydrogens is 955 g/mol. The Morgan fingerprint density at radius 1 is 0.487 bits per heavy atom. The Hall–Kier alpha value is -2.12. The van der Waals surface area contributed by atoms with E-state index in [9.17, 15) is 35.1 Å². The third-order valence-corrected chi connectivity index (χ3v) is 15.2. The number of allylic oxidation sites excluding steroid dienone is 5. The molecule has 1 amide bonds. The normalized spacial score (nSPS) is 18.9. The molecule has 1 heterocycles. The van der Waals surface area contributed by atoms with Crippen molar-refractivity contribution in [2.24, 2.45) is 0 Å². The fourth-order valence-corrected chi connectivity index (χ4v) is 10.1. The lowest BCUT2D eigenvalue weighted by atomic mass is 9.99. The van der Waals surface area contributed by atoms with Crippen LogP contribution in [0.4, 0.5) is 0 Å². The number of unbranched alkanes of at least 4 members (excludes halogenated alkanes) is 38. The van der Waals surface area contributed by atoms with E-state index in [0.717, 1.165) is 70.6 Å². The zero-order valence-corrected chi connectivity index (χ0v) is 49.2. The van der Waals surface area contributed by atoms with Crippen LogP contribution in [0, 0.1) is 0 Å². The monoisotopic (exact) mass is 1080 g/mol. The molecule has 6 N–H and O–H groups in total. The second-order valence-electron chi connectivity index (χ2n) is 22.5. The van der Waals surface area contributed by atoms with Gasteiger partial charge in [-0.2, -0.15) is 0 Å². The van der Waals surface area contributed by atoms with Crippen LogP contribution in [0.1, 0.15) is 303 Å². The molecule has 7 atom stereocenters. The van der Waals surface area contributed by atoms with Crippen LogP contribution in [0.3, 0.4) is 0 Å². The van der Waals surface area contributed by atoms with Crippen molar-refractivity contribution in [3.63, 3.8) is 0 Å². The lowest BCUT2D eigenvalue weighted by molar-refractivity contribution is -0.302. The van der Waals surface area contributed by atoms with E-state index in [2.05, 4.69) is 43.5 Å². The Labute approximate surface area is 466 Å². The highest BCUT2D eigenvalue weighted by molar-refractivity contribution is 5.76. The van der Waals surface area contributed by atoms with E-state index in [1.165, 1.54) is 205 Å². The minimum Gasteiger partial charge on any atom is -0.466 e. The van der Waals surface area contributed by atoms with Gasteiger partial charge >= 0.3 is 5.97 Å². The van der Waals surface area contributed by atoms with E-state index >= 15 is 0 Å². The summed E-state index contributed by atoms with van der Waals surface area (Å²) in [7, 11) is 0. The summed E-state index contributed by atoms with van der Waals surface area (Å²) in [6.45, 7) is 4.29. The topological polar surface area (TPSA) is 175 Å². The van der Waals surface area contributed by atoms with E-state index in [1.807, 2.05) is 6.08 Å². The van der Waals surface area contributed by atoms with Gasteiger partial charge in [0.15, 0.2) is 6.29 Å². The van der Waals surface area contributed by atoms with Crippen molar-refractivity contribution in [2.75, 3.05) is 19.8 Å². The third-order valence-electron chi connectivity index (χ3n) is 15.2. The predicted octanol–water partition coefficient (Wildman–Crippen LogP) is 15.5. The van der Waals surface area contributed by atoms with Crippen molar-refractivity contribution >= 4 is 11.9 Å². The summed E-state index contributed by atoms with van der Waals surface area (Å²) >= 11 is 0. The van der Waals surface area contributed by atoms with Crippen LogP contribution >= 0.6 is 0 Å². The first-order valence-electron chi connectivity index (χ1n) is 32.3. The molecule has 0 bridgehead atoms. The molecule has 76 heavy (non-hydrogen) atoms. The lowest BCUT2D eigenvalue weighted by Crippen LogP contribution is -2.60. The molecule has 0 radical (unpaired) electrons. The number of aliphatic hydroxyl groups is 5. The van der Waals surface area contributed by atoms with Gasteiger partial charge in [-0.1, -0.05) is 262 Å². The number of carbonyl (C=O) groups is 2. The van der Waals surface area contributed by atoms with Crippen molar-refractivity contribution < 1.29 is 49.3 Å². The molecule has 0 aromatic rings. The summed E-state index contributed by atoms with van der Waals surface area (Å²) in [6, 6.07) is -0.810. The van der Waals surface area contributed by atoms with E-state index in [4.69, 9.17) is 14.2 Å². The van der Waals surface area contributed by atoms with E-state index < -0.39 is 49.5 Å². The van der Waals surface area contributed by atoms with E-state index in [0.29, 0.717) is 19.4 Å². The Morgan fingerprint density at radius 2 is 0.882 bits per heavy atom. The first-order valence-corrected chi connectivity index (χ1v) is 32.3. The second-order valence-corrected chi connectivity index (χ2v) is 22.5. The highest BCUT2D eigenvalue weighted by Crippen LogP contribution is 2.23. The highest BCUT2D eigenvalue weighted by atomic mass is 16.7. The predicted molar refractivity (Wildman–Crippen MR) is 315 cm³/mol. The molecule has 0 aromatic carbocycles. The highest BCUT2D eigenvalue weighted by Gasteiger charge is 2.44. The first-order chi connectivity index (χ1) is 37.2. The average molecular weight is 1080 g/mol. The minimum atomic E-state index is -1.57. The first kappa shape index (κ1) is 71.9. The SMILES string of the molecule is CCCCC/C=C\C/C=C\CCCCCCCCCCCC(=O)OCCCCCCCCCCCCCCCCCCCCCCC(=O)NC(COC1OC(CO)C(O)C(O)C1O)C(O)/C=C/CCCCCCCCC. The van der Waals surface area contributed by atoms with Gasteiger partial charge in [-0.15, -0.1) is 0 Å².